The van der Waals surface area contributed by atoms with Crippen LogP contribution in [0.2, 0.25) is 0 Å². The molecule has 47 heavy (non-hydrogen) atoms. The van der Waals surface area contributed by atoms with Crippen LogP contribution in [0.15, 0.2) is 66.7 Å². The molecule has 0 spiro atoms. The van der Waals surface area contributed by atoms with E-state index in [1.54, 1.807) is 12.0 Å². The molecule has 4 rings (SSSR count). The predicted molar refractivity (Wildman–Crippen MR) is 192 cm³/mol. The van der Waals surface area contributed by atoms with E-state index < -0.39 is 0 Å². The Morgan fingerprint density at radius 3 is 2.23 bits per heavy atom. The highest BCUT2D eigenvalue weighted by atomic mass is 16.5. The number of ether oxygens (including phenoxy) is 1. The molecule has 0 unspecified atom stereocenters. The molecule has 1 amide bonds. The Bertz CT molecular complexity index is 1570. The second-order valence-electron chi connectivity index (χ2n) is 12.3. The number of hydrogen-bond acceptors (Lipinski definition) is 6. The molecule has 252 valence electrons. The third-order valence-electron chi connectivity index (χ3n) is 8.68. The van der Waals surface area contributed by atoms with Crippen molar-refractivity contribution in [2.45, 2.75) is 71.9 Å². The average Bonchev–Trinajstić information content (AvgIpc) is 3.44. The minimum Gasteiger partial charge on any atom is -0.497 e. The fourth-order valence-electron chi connectivity index (χ4n) is 5.99. The van der Waals surface area contributed by atoms with E-state index in [0.29, 0.717) is 25.2 Å². The van der Waals surface area contributed by atoms with Gasteiger partial charge in [-0.15, -0.1) is 0 Å². The van der Waals surface area contributed by atoms with Crippen molar-refractivity contribution in [3.63, 3.8) is 0 Å². The Kier molecular flexibility index (Phi) is 13.8. The van der Waals surface area contributed by atoms with Gasteiger partial charge in [-0.3, -0.25) is 10.2 Å². The lowest BCUT2D eigenvalue weighted by atomic mass is 10.1. The summed E-state index contributed by atoms with van der Waals surface area (Å²) in [7, 11) is 1.64. The number of amides is 1. The molecule has 9 nitrogen and oxygen atoms in total. The van der Waals surface area contributed by atoms with Gasteiger partial charge < -0.3 is 30.6 Å². The molecular formula is C38H53N7O2. The standard InChI is InChI=1S/C38H53N7O2/c1-4-6-21-43(22-7-5-2)23-9-24-45-35-18-17-32(38(46)44(25-20-39)28-30-10-8-11-33(26-30)47-3)27-34(35)42-36(45)19-14-29-12-15-31(16-13-29)37(40)41/h8,10-13,15-18,26-27H,4-7,9,14,19-25,28,39H2,1-3H3,(H3,40,41). The van der Waals surface area contributed by atoms with E-state index in [-0.39, 0.29) is 11.7 Å². The van der Waals surface area contributed by atoms with Crippen LogP contribution >= 0.6 is 0 Å². The number of aromatic nitrogens is 2. The smallest absolute Gasteiger partial charge is 0.254 e. The predicted octanol–water partition coefficient (Wildman–Crippen LogP) is 6.01. The normalized spacial score (nSPS) is 11.3. The first-order valence-electron chi connectivity index (χ1n) is 17.1. The number of carbonyl (C=O) groups excluding carboxylic acids is 1. The van der Waals surface area contributed by atoms with Crippen LogP contribution in [0, 0.1) is 5.41 Å². The summed E-state index contributed by atoms with van der Waals surface area (Å²) in [4.78, 5) is 23.3. The van der Waals surface area contributed by atoms with Gasteiger partial charge in [0.25, 0.3) is 5.91 Å². The van der Waals surface area contributed by atoms with E-state index >= 15 is 0 Å². The summed E-state index contributed by atoms with van der Waals surface area (Å²) in [6.07, 6.45) is 7.47. The van der Waals surface area contributed by atoms with Crippen LogP contribution in [0.25, 0.3) is 11.0 Å². The fourth-order valence-corrected chi connectivity index (χ4v) is 5.99. The molecular weight excluding hydrogens is 586 g/mol. The first-order valence-corrected chi connectivity index (χ1v) is 17.1. The maximum Gasteiger partial charge on any atom is 0.254 e. The molecule has 0 bridgehead atoms. The van der Waals surface area contributed by atoms with Gasteiger partial charge in [0.05, 0.1) is 18.1 Å². The van der Waals surface area contributed by atoms with Crippen LogP contribution in [-0.2, 0) is 25.9 Å². The summed E-state index contributed by atoms with van der Waals surface area (Å²) < 4.78 is 7.73. The first-order chi connectivity index (χ1) is 22.9. The molecule has 1 aromatic heterocycles. The van der Waals surface area contributed by atoms with Gasteiger partial charge in [-0.05, 0) is 86.8 Å². The summed E-state index contributed by atoms with van der Waals surface area (Å²) in [5.41, 5.74) is 17.0. The Morgan fingerprint density at radius 1 is 0.872 bits per heavy atom. The lowest BCUT2D eigenvalue weighted by Crippen LogP contribution is -2.34. The Morgan fingerprint density at radius 2 is 1.57 bits per heavy atom. The van der Waals surface area contributed by atoms with Gasteiger partial charge in [0.2, 0.25) is 0 Å². The zero-order chi connectivity index (χ0) is 33.6. The molecule has 1 heterocycles. The second-order valence-corrected chi connectivity index (χ2v) is 12.3. The minimum absolute atomic E-state index is 0.0654. The number of amidine groups is 1. The largest absolute Gasteiger partial charge is 0.497 e. The van der Waals surface area contributed by atoms with E-state index in [2.05, 4.69) is 29.4 Å². The van der Waals surface area contributed by atoms with E-state index in [1.165, 1.54) is 31.2 Å². The lowest BCUT2D eigenvalue weighted by molar-refractivity contribution is 0.0748. The number of imidazole rings is 1. The second kappa shape index (κ2) is 18.2. The minimum atomic E-state index is -0.0654. The van der Waals surface area contributed by atoms with Crippen LogP contribution in [0.1, 0.15) is 78.8 Å². The Hall–Kier alpha value is -4.21. The van der Waals surface area contributed by atoms with Crippen molar-refractivity contribution in [1.29, 1.82) is 5.41 Å². The van der Waals surface area contributed by atoms with Gasteiger partial charge in [-0.2, -0.15) is 0 Å². The lowest BCUT2D eigenvalue weighted by Gasteiger charge is -2.23. The highest BCUT2D eigenvalue weighted by Crippen LogP contribution is 2.23. The number of unbranched alkanes of at least 4 members (excludes halogenated alkanes) is 2. The highest BCUT2D eigenvalue weighted by Gasteiger charge is 2.19. The molecule has 0 aliphatic heterocycles. The van der Waals surface area contributed by atoms with Gasteiger partial charge >= 0.3 is 0 Å². The summed E-state index contributed by atoms with van der Waals surface area (Å²) in [5.74, 6) is 1.79. The number of methoxy groups -OCH3 is 1. The van der Waals surface area contributed by atoms with Gasteiger partial charge in [0.1, 0.15) is 17.4 Å². The quantitative estimate of drug-likeness (QED) is 0.0804. The number of nitrogens with one attached hydrogen (secondary N) is 1. The van der Waals surface area contributed by atoms with Gasteiger partial charge in [-0.25, -0.2) is 4.98 Å². The SMILES string of the molecule is CCCCN(CCCC)CCCn1c(CCc2ccc(C(=N)N)cc2)nc2cc(C(=O)N(CCN)Cc3cccc(OC)c3)ccc21. The molecule has 0 saturated heterocycles. The average molecular weight is 640 g/mol. The van der Waals surface area contributed by atoms with Gasteiger partial charge in [0.15, 0.2) is 0 Å². The van der Waals surface area contributed by atoms with E-state index in [1.807, 2.05) is 60.7 Å². The van der Waals surface area contributed by atoms with Crippen molar-refractivity contribution < 1.29 is 9.53 Å². The molecule has 0 radical (unpaired) electrons. The number of nitrogens with two attached hydrogens (primary N) is 2. The summed E-state index contributed by atoms with van der Waals surface area (Å²) >= 11 is 0. The van der Waals surface area contributed by atoms with Crippen LogP contribution in [-0.4, -0.2) is 70.9 Å². The molecule has 0 atom stereocenters. The van der Waals surface area contributed by atoms with Crippen LogP contribution in [0.5, 0.6) is 5.75 Å². The van der Waals surface area contributed by atoms with E-state index in [0.717, 1.165) is 79.2 Å². The van der Waals surface area contributed by atoms with Crippen molar-refractivity contribution >= 4 is 22.8 Å². The monoisotopic (exact) mass is 639 g/mol. The van der Waals surface area contributed by atoms with Gasteiger partial charge in [0, 0.05) is 43.7 Å². The number of carbonyl (C=O) groups is 1. The molecule has 5 N–H and O–H groups in total. The van der Waals surface area contributed by atoms with Gasteiger partial charge in [-0.1, -0.05) is 63.1 Å². The summed E-state index contributed by atoms with van der Waals surface area (Å²) in [6, 6.07) is 21.6. The van der Waals surface area contributed by atoms with E-state index in [4.69, 9.17) is 26.6 Å². The maximum atomic E-state index is 13.8. The molecule has 0 aliphatic rings. The van der Waals surface area contributed by atoms with Crippen molar-refractivity contribution in [3.05, 3.63) is 94.8 Å². The zero-order valence-electron chi connectivity index (χ0n) is 28.5. The highest BCUT2D eigenvalue weighted by molar-refractivity contribution is 5.97. The summed E-state index contributed by atoms with van der Waals surface area (Å²) in [6.45, 7) is 9.98. The zero-order valence-corrected chi connectivity index (χ0v) is 28.5. The Balaban J connectivity index is 1.58. The number of aryl methyl sites for hydroxylation is 3. The molecule has 0 aliphatic carbocycles. The number of nitrogen functional groups attached to an aromatic ring is 1. The van der Waals surface area contributed by atoms with Crippen molar-refractivity contribution in [2.24, 2.45) is 11.5 Å². The topological polar surface area (TPSA) is 126 Å². The van der Waals surface area contributed by atoms with Crippen LogP contribution in [0.3, 0.4) is 0 Å². The van der Waals surface area contributed by atoms with Crippen molar-refractivity contribution in [2.75, 3.05) is 39.8 Å². The third kappa shape index (κ3) is 10.1. The van der Waals surface area contributed by atoms with Crippen molar-refractivity contribution in [3.8, 4) is 5.75 Å². The number of nitrogens with zero attached hydrogens (tertiary/aromatic N) is 4. The number of hydrogen-bond donors (Lipinski definition) is 3. The molecule has 4 aromatic rings. The number of benzene rings is 3. The number of fused-ring (bicyclic) bond motifs is 1. The molecule has 9 heteroatoms. The Labute approximate surface area is 280 Å². The van der Waals surface area contributed by atoms with Crippen molar-refractivity contribution in [1.82, 2.24) is 19.4 Å². The van der Waals surface area contributed by atoms with Crippen LogP contribution < -0.4 is 16.2 Å². The first kappa shape index (κ1) is 35.6. The molecule has 0 fully saturated rings. The molecule has 0 saturated carbocycles. The van der Waals surface area contributed by atoms with E-state index in [9.17, 15) is 4.79 Å². The third-order valence-corrected chi connectivity index (χ3v) is 8.68. The fraction of sp³-hybridized carbons (Fsp3) is 0.447. The number of rotatable bonds is 20. The van der Waals surface area contributed by atoms with Crippen LogP contribution in [0.4, 0.5) is 0 Å². The molecule has 3 aromatic carbocycles. The maximum absolute atomic E-state index is 13.8. The summed E-state index contributed by atoms with van der Waals surface area (Å²) in [5, 5.41) is 7.69.